The minimum Gasteiger partial charge on any atom is -0.467 e. The van der Waals surface area contributed by atoms with Crippen LogP contribution in [0.4, 0.5) is 0 Å². The maximum atomic E-state index is 13.4. The summed E-state index contributed by atoms with van der Waals surface area (Å²) in [5, 5.41) is 26.8. The van der Waals surface area contributed by atoms with Crippen molar-refractivity contribution in [2.75, 3.05) is 7.11 Å². The van der Waals surface area contributed by atoms with E-state index in [0.717, 1.165) is 11.1 Å². The largest absolute Gasteiger partial charge is 0.467 e. The van der Waals surface area contributed by atoms with E-state index in [1.54, 1.807) is 0 Å². The Morgan fingerprint density at radius 1 is 1.09 bits per heavy atom. The molecule has 0 spiro atoms. The zero-order chi connectivity index (χ0) is 22.9. The van der Waals surface area contributed by atoms with Gasteiger partial charge in [0.05, 0.1) is 13.2 Å². The summed E-state index contributed by atoms with van der Waals surface area (Å²) < 4.78 is 5.16. The van der Waals surface area contributed by atoms with Crippen molar-refractivity contribution in [3.63, 3.8) is 0 Å². The molecule has 0 aliphatic carbocycles. The van der Waals surface area contributed by atoms with Gasteiger partial charge in [-0.05, 0) is 11.1 Å². The van der Waals surface area contributed by atoms with Gasteiger partial charge in [-0.15, -0.1) is 0 Å². The number of fused-ring (bicyclic) bond motifs is 1. The van der Waals surface area contributed by atoms with Gasteiger partial charge in [-0.25, -0.2) is 4.79 Å². The number of guanidine groups is 1. The van der Waals surface area contributed by atoms with Crippen LogP contribution >= 0.6 is 0 Å². The minimum atomic E-state index is -1.74. The van der Waals surface area contributed by atoms with Crippen LogP contribution in [0, 0.1) is 5.41 Å². The molecule has 4 rings (SSSR count). The van der Waals surface area contributed by atoms with Crippen LogP contribution in [0.25, 0.3) is 0 Å². The monoisotopic (exact) mass is 433 g/mol. The number of esters is 1. The van der Waals surface area contributed by atoms with Crippen molar-refractivity contribution in [2.24, 2.45) is 10.8 Å². The van der Waals surface area contributed by atoms with Gasteiger partial charge in [0.2, 0.25) is 0 Å². The highest BCUT2D eigenvalue weighted by Crippen LogP contribution is 2.50. The normalized spacial score (nSPS) is 26.1. The Balaban J connectivity index is 1.94. The Morgan fingerprint density at radius 3 is 2.25 bits per heavy atom. The molecule has 9 nitrogen and oxygen atoms in total. The van der Waals surface area contributed by atoms with E-state index in [4.69, 9.17) is 15.9 Å². The van der Waals surface area contributed by atoms with Crippen LogP contribution in [0.2, 0.25) is 0 Å². The fourth-order valence-electron chi connectivity index (χ4n) is 4.42. The van der Waals surface area contributed by atoms with Gasteiger partial charge in [0.25, 0.3) is 5.91 Å². The number of benzene rings is 2. The molecule has 164 valence electrons. The number of aliphatic hydroxyl groups is 1. The molecule has 1 amide bonds. The zero-order valence-corrected chi connectivity index (χ0v) is 17.3. The lowest BCUT2D eigenvalue weighted by Gasteiger charge is -2.47. The van der Waals surface area contributed by atoms with Gasteiger partial charge in [-0.2, -0.15) is 5.10 Å². The second-order valence-corrected chi connectivity index (χ2v) is 7.55. The molecular weight excluding hydrogens is 410 g/mol. The average molecular weight is 433 g/mol. The number of nitrogens with one attached hydrogen (secondary N) is 2. The lowest BCUT2D eigenvalue weighted by atomic mass is 9.71. The maximum absolute atomic E-state index is 13.4. The van der Waals surface area contributed by atoms with Gasteiger partial charge < -0.3 is 15.6 Å². The van der Waals surface area contributed by atoms with E-state index in [2.05, 4.69) is 10.4 Å². The summed E-state index contributed by atoms with van der Waals surface area (Å²) >= 11 is 0. The number of hydrogen-bond donors (Lipinski definition) is 4. The number of aliphatic hydroxyl groups excluding tert-OH is 1. The highest BCUT2D eigenvalue weighted by molar-refractivity contribution is 6.44. The summed E-state index contributed by atoms with van der Waals surface area (Å²) in [5.41, 5.74) is 4.80. The molecule has 4 unspecified atom stereocenters. The fourth-order valence-corrected chi connectivity index (χ4v) is 4.42. The number of rotatable bonds is 4. The Kier molecular flexibility index (Phi) is 5.50. The van der Waals surface area contributed by atoms with Gasteiger partial charge in [0.1, 0.15) is 6.10 Å². The molecule has 0 radical (unpaired) electrons. The smallest absolute Gasteiger partial charge is 0.337 e. The maximum Gasteiger partial charge on any atom is 0.337 e. The van der Waals surface area contributed by atoms with E-state index in [-0.39, 0.29) is 5.71 Å². The molecule has 2 aliphatic rings. The Bertz CT molecular complexity index is 1100. The molecule has 2 aromatic carbocycles. The summed E-state index contributed by atoms with van der Waals surface area (Å²) in [6, 6.07) is 17.9. The number of carbonyl (C=O) groups is 2. The van der Waals surface area contributed by atoms with E-state index in [9.17, 15) is 14.7 Å². The van der Waals surface area contributed by atoms with Gasteiger partial charge in [0, 0.05) is 5.92 Å². The van der Waals surface area contributed by atoms with E-state index in [0.29, 0.717) is 0 Å². The van der Waals surface area contributed by atoms with Gasteiger partial charge >= 0.3 is 5.97 Å². The van der Waals surface area contributed by atoms with Crippen LogP contribution in [0.1, 0.15) is 23.1 Å². The first kappa shape index (κ1) is 21.3. The Labute approximate surface area is 184 Å². The molecule has 5 N–H and O–H groups in total. The third kappa shape index (κ3) is 3.23. The number of nitrogens with two attached hydrogens (primary N) is 1. The predicted molar refractivity (Wildman–Crippen MR) is 118 cm³/mol. The first-order valence-electron chi connectivity index (χ1n) is 9.99. The molecule has 0 bridgehead atoms. The number of methoxy groups -OCH3 is 1. The molecule has 32 heavy (non-hydrogen) atoms. The van der Waals surface area contributed by atoms with E-state index >= 15 is 0 Å². The Morgan fingerprint density at radius 2 is 1.69 bits per heavy atom. The second-order valence-electron chi connectivity index (χ2n) is 7.55. The lowest BCUT2D eigenvalue weighted by molar-refractivity contribution is -0.163. The SMILES string of the molecule is COC(=O)C12C(O)C(C(=O)NC(=N)N)=NN1C(c1ccccc1)C=CC2c1ccccc1. The van der Waals surface area contributed by atoms with E-state index in [1.807, 2.05) is 72.8 Å². The summed E-state index contributed by atoms with van der Waals surface area (Å²) in [6.45, 7) is 0. The number of hydrogen-bond acceptors (Lipinski definition) is 7. The lowest BCUT2D eigenvalue weighted by Crippen LogP contribution is -2.64. The van der Waals surface area contributed by atoms with Crippen LogP contribution in [0.5, 0.6) is 0 Å². The Hall–Kier alpha value is -3.98. The van der Waals surface area contributed by atoms with Crippen LogP contribution < -0.4 is 11.1 Å². The van der Waals surface area contributed by atoms with Crippen LogP contribution in [0.3, 0.4) is 0 Å². The standard InChI is InChI=1S/C23H23N5O4/c1-32-21(31)23-16(14-8-4-2-5-9-14)12-13-17(15-10-6-3-7-11-15)28(23)27-18(19(23)29)20(30)26-22(24)25/h2-13,16-17,19,29H,1H3,(H4,24,25,26,30). The summed E-state index contributed by atoms with van der Waals surface area (Å²) in [5.74, 6) is -2.86. The first-order chi connectivity index (χ1) is 15.4. The van der Waals surface area contributed by atoms with Crippen molar-refractivity contribution in [2.45, 2.75) is 23.6 Å². The molecule has 0 aromatic heterocycles. The number of hydrazone groups is 1. The second kappa shape index (κ2) is 8.27. The minimum absolute atomic E-state index is 0.323. The molecule has 0 saturated heterocycles. The van der Waals surface area contributed by atoms with Crippen molar-refractivity contribution in [1.29, 1.82) is 5.41 Å². The van der Waals surface area contributed by atoms with Crippen molar-refractivity contribution < 1.29 is 19.4 Å². The van der Waals surface area contributed by atoms with Crippen molar-refractivity contribution >= 4 is 23.5 Å². The molecule has 9 heteroatoms. The molecule has 2 heterocycles. The summed E-state index contributed by atoms with van der Waals surface area (Å²) in [6.07, 6.45) is 2.08. The third-order valence-corrected chi connectivity index (χ3v) is 5.79. The summed E-state index contributed by atoms with van der Waals surface area (Å²) in [4.78, 5) is 26.1. The van der Waals surface area contributed by atoms with Gasteiger partial charge in [-0.3, -0.25) is 20.5 Å². The van der Waals surface area contributed by atoms with Gasteiger partial charge in [0.15, 0.2) is 17.2 Å². The molecule has 4 atom stereocenters. The first-order valence-corrected chi connectivity index (χ1v) is 9.99. The van der Waals surface area contributed by atoms with Crippen molar-refractivity contribution in [3.8, 4) is 0 Å². The van der Waals surface area contributed by atoms with Gasteiger partial charge in [-0.1, -0.05) is 72.8 Å². The summed E-state index contributed by atoms with van der Waals surface area (Å²) in [7, 11) is 1.23. The highest BCUT2D eigenvalue weighted by Gasteiger charge is 2.65. The van der Waals surface area contributed by atoms with Crippen LogP contribution in [0.15, 0.2) is 77.9 Å². The van der Waals surface area contributed by atoms with Crippen LogP contribution in [-0.2, 0) is 14.3 Å². The molecule has 2 aliphatic heterocycles. The van der Waals surface area contributed by atoms with E-state index in [1.165, 1.54) is 12.1 Å². The third-order valence-electron chi connectivity index (χ3n) is 5.79. The number of carbonyl (C=O) groups excluding carboxylic acids is 2. The van der Waals surface area contributed by atoms with Crippen molar-refractivity contribution in [1.82, 2.24) is 10.3 Å². The fraction of sp³-hybridized carbons (Fsp3) is 0.217. The molecule has 2 aromatic rings. The highest BCUT2D eigenvalue weighted by atomic mass is 16.5. The molecular formula is C23H23N5O4. The van der Waals surface area contributed by atoms with Crippen LogP contribution in [-0.4, -0.2) is 52.4 Å². The number of nitrogens with zero attached hydrogens (tertiary/aromatic N) is 2. The quantitative estimate of drug-likeness (QED) is 0.246. The molecule has 0 fully saturated rings. The topological polar surface area (TPSA) is 141 Å². The molecule has 0 saturated carbocycles. The average Bonchev–Trinajstić information content (AvgIpc) is 3.13. The zero-order valence-electron chi connectivity index (χ0n) is 17.3. The van der Waals surface area contributed by atoms with Crippen molar-refractivity contribution in [3.05, 3.63) is 83.9 Å². The predicted octanol–water partition coefficient (Wildman–Crippen LogP) is 1.04. The van der Waals surface area contributed by atoms with E-state index < -0.39 is 41.4 Å². The number of amides is 1. The number of ether oxygens (including phenoxy) is 1.